The Morgan fingerprint density at radius 2 is 1.93 bits per heavy atom. The van der Waals surface area contributed by atoms with Crippen molar-refractivity contribution in [3.05, 3.63) is 87.3 Å². The Morgan fingerprint density at radius 3 is 2.63 bits per heavy atom. The highest BCUT2D eigenvalue weighted by molar-refractivity contribution is 5.97. The van der Waals surface area contributed by atoms with Gasteiger partial charge < -0.3 is 9.88 Å². The second-order valence-electron chi connectivity index (χ2n) is 7.35. The van der Waals surface area contributed by atoms with E-state index in [1.165, 1.54) is 10.5 Å². The van der Waals surface area contributed by atoms with Gasteiger partial charge in [0.25, 0.3) is 11.5 Å². The lowest BCUT2D eigenvalue weighted by atomic mass is 10.1. The molecule has 0 bridgehead atoms. The minimum atomic E-state index is -0.394. The van der Waals surface area contributed by atoms with Crippen LogP contribution < -0.4 is 16.4 Å². The number of carbonyl (C=O) groups is 1. The minimum absolute atomic E-state index is 0.0334. The number of rotatable bonds is 4. The summed E-state index contributed by atoms with van der Waals surface area (Å²) in [4.78, 5) is 30.8. The molecule has 0 unspecified atom stereocenters. The molecule has 1 aromatic carbocycles. The summed E-state index contributed by atoms with van der Waals surface area (Å²) >= 11 is 0. The second-order valence-corrected chi connectivity index (χ2v) is 7.35. The molecule has 0 aliphatic heterocycles. The van der Waals surface area contributed by atoms with Crippen molar-refractivity contribution < 1.29 is 4.79 Å². The van der Waals surface area contributed by atoms with Crippen LogP contribution in [0.15, 0.2) is 59.5 Å². The molecule has 0 fully saturated rings. The van der Waals surface area contributed by atoms with Crippen LogP contribution in [0.4, 0.5) is 0 Å². The van der Waals surface area contributed by atoms with Crippen molar-refractivity contribution in [2.75, 3.05) is 0 Å². The summed E-state index contributed by atoms with van der Waals surface area (Å²) in [5, 5.41) is 11.8. The smallest absolute Gasteiger partial charge is 0.267 e. The number of nitrogens with zero attached hydrogens (tertiary/aromatic N) is 3. The number of pyridine rings is 2. The first kappa shape index (κ1) is 19.6. The van der Waals surface area contributed by atoms with Crippen molar-refractivity contribution in [1.29, 1.82) is 5.41 Å². The van der Waals surface area contributed by atoms with Gasteiger partial charge in [0.2, 0.25) is 0 Å². The van der Waals surface area contributed by atoms with Gasteiger partial charge in [0.1, 0.15) is 16.8 Å². The first-order valence-corrected chi connectivity index (χ1v) is 9.87. The van der Waals surface area contributed by atoms with E-state index >= 15 is 0 Å². The predicted octanol–water partition coefficient (Wildman–Crippen LogP) is 2.95. The number of aromatic nitrogens is 3. The van der Waals surface area contributed by atoms with Crippen molar-refractivity contribution in [2.24, 2.45) is 0 Å². The highest BCUT2D eigenvalue weighted by Gasteiger charge is 2.18. The summed E-state index contributed by atoms with van der Waals surface area (Å²) in [7, 11) is 0. The number of carbonyl (C=O) groups excluding carboxylic acids is 1. The highest BCUT2D eigenvalue weighted by Crippen LogP contribution is 2.14. The molecule has 30 heavy (non-hydrogen) atoms. The van der Waals surface area contributed by atoms with Gasteiger partial charge in [-0.25, -0.2) is 4.98 Å². The lowest BCUT2D eigenvalue weighted by Crippen LogP contribution is -2.35. The number of nitrogens with one attached hydrogen (secondary N) is 2. The standard InChI is InChI=1S/C23H23N5O2/c1-4-27-20(24)17(22(29)25-15(3)16-8-6-5-7-9-16)12-18-21(27)26-19-11-10-14(2)13-28(19)23(18)30/h5-13,15,24H,4H2,1-3H3,(H,25,29)/t15-/m1/s1. The van der Waals surface area contributed by atoms with E-state index in [0.29, 0.717) is 23.2 Å². The van der Waals surface area contributed by atoms with Gasteiger partial charge in [-0.2, -0.15) is 0 Å². The van der Waals surface area contributed by atoms with E-state index in [2.05, 4.69) is 10.3 Å². The van der Waals surface area contributed by atoms with Gasteiger partial charge in [0.05, 0.1) is 17.0 Å². The quantitative estimate of drug-likeness (QED) is 0.515. The number of amides is 1. The molecule has 152 valence electrons. The van der Waals surface area contributed by atoms with Crippen molar-refractivity contribution in [3.8, 4) is 0 Å². The lowest BCUT2D eigenvalue weighted by Gasteiger charge is -2.16. The zero-order valence-electron chi connectivity index (χ0n) is 17.1. The fraction of sp³-hybridized carbons (Fsp3) is 0.217. The number of fused-ring (bicyclic) bond motifs is 2. The van der Waals surface area contributed by atoms with Crippen molar-refractivity contribution in [2.45, 2.75) is 33.4 Å². The van der Waals surface area contributed by atoms with E-state index in [1.807, 2.05) is 57.2 Å². The van der Waals surface area contributed by atoms with Crippen LogP contribution in [0, 0.1) is 12.3 Å². The molecule has 0 saturated carbocycles. The molecule has 0 aliphatic rings. The molecule has 4 aromatic rings. The van der Waals surface area contributed by atoms with Crippen LogP contribution in [0.3, 0.4) is 0 Å². The van der Waals surface area contributed by atoms with Crippen LogP contribution in [0.5, 0.6) is 0 Å². The molecule has 4 rings (SSSR count). The van der Waals surface area contributed by atoms with Crippen LogP contribution in [-0.2, 0) is 6.54 Å². The fourth-order valence-corrected chi connectivity index (χ4v) is 3.62. The van der Waals surface area contributed by atoms with Crippen LogP contribution in [-0.4, -0.2) is 19.9 Å². The van der Waals surface area contributed by atoms with Gasteiger partial charge in [-0.05, 0) is 44.0 Å². The summed E-state index contributed by atoms with van der Waals surface area (Å²) < 4.78 is 3.08. The summed E-state index contributed by atoms with van der Waals surface area (Å²) in [5.74, 6) is -0.394. The Kier molecular flexibility index (Phi) is 4.95. The molecule has 7 heteroatoms. The zero-order chi connectivity index (χ0) is 21.4. The van der Waals surface area contributed by atoms with Crippen LogP contribution in [0.25, 0.3) is 16.7 Å². The normalized spacial score (nSPS) is 12.2. The Morgan fingerprint density at radius 1 is 1.20 bits per heavy atom. The summed E-state index contributed by atoms with van der Waals surface area (Å²) in [6.07, 6.45) is 1.73. The first-order valence-electron chi connectivity index (χ1n) is 9.87. The maximum absolute atomic E-state index is 13.2. The van der Waals surface area contributed by atoms with Crippen molar-refractivity contribution in [1.82, 2.24) is 19.3 Å². The Hall–Kier alpha value is -3.74. The average Bonchev–Trinajstić information content (AvgIpc) is 2.74. The number of hydrogen-bond acceptors (Lipinski definition) is 4. The van der Waals surface area contributed by atoms with Crippen LogP contribution >= 0.6 is 0 Å². The minimum Gasteiger partial charge on any atom is -0.345 e. The molecule has 0 saturated heterocycles. The molecule has 0 aliphatic carbocycles. The van der Waals surface area contributed by atoms with E-state index < -0.39 is 5.91 Å². The SMILES string of the molecule is CCn1c(=N)c(C(=O)N[C@H](C)c2ccccc2)cc2c(=O)n3cc(C)ccc3nc21. The summed E-state index contributed by atoms with van der Waals surface area (Å²) in [6.45, 7) is 6.07. The number of hydrogen-bond donors (Lipinski definition) is 2. The topological polar surface area (TPSA) is 92.2 Å². The first-order chi connectivity index (χ1) is 14.4. The fourth-order valence-electron chi connectivity index (χ4n) is 3.62. The Balaban J connectivity index is 1.88. The predicted molar refractivity (Wildman–Crippen MR) is 116 cm³/mol. The molecular weight excluding hydrogens is 378 g/mol. The van der Waals surface area contributed by atoms with E-state index in [1.54, 1.807) is 16.8 Å². The second kappa shape index (κ2) is 7.59. The van der Waals surface area contributed by atoms with Gasteiger partial charge >= 0.3 is 0 Å². The third kappa shape index (κ3) is 3.28. The largest absolute Gasteiger partial charge is 0.345 e. The monoisotopic (exact) mass is 401 g/mol. The van der Waals surface area contributed by atoms with Gasteiger partial charge in [0, 0.05) is 12.7 Å². The van der Waals surface area contributed by atoms with Crippen LogP contribution in [0.2, 0.25) is 0 Å². The van der Waals surface area contributed by atoms with Crippen molar-refractivity contribution >= 4 is 22.6 Å². The molecule has 3 heterocycles. The third-order valence-corrected chi connectivity index (χ3v) is 5.26. The molecule has 1 amide bonds. The maximum atomic E-state index is 13.2. The van der Waals surface area contributed by atoms with E-state index in [0.717, 1.165) is 11.1 Å². The maximum Gasteiger partial charge on any atom is 0.267 e. The van der Waals surface area contributed by atoms with E-state index in [-0.39, 0.29) is 22.7 Å². The number of aryl methyl sites for hydroxylation is 2. The van der Waals surface area contributed by atoms with E-state index in [9.17, 15) is 9.59 Å². The zero-order valence-corrected chi connectivity index (χ0v) is 17.1. The molecule has 0 radical (unpaired) electrons. The molecule has 3 aromatic heterocycles. The Bertz CT molecular complexity index is 1390. The molecular formula is C23H23N5O2. The molecule has 2 N–H and O–H groups in total. The number of benzene rings is 1. The van der Waals surface area contributed by atoms with E-state index in [4.69, 9.17) is 5.41 Å². The van der Waals surface area contributed by atoms with Crippen LogP contribution in [0.1, 0.15) is 41.4 Å². The molecule has 1 atom stereocenters. The third-order valence-electron chi connectivity index (χ3n) is 5.26. The molecule has 7 nitrogen and oxygen atoms in total. The van der Waals surface area contributed by atoms with Gasteiger partial charge in [-0.15, -0.1) is 0 Å². The van der Waals surface area contributed by atoms with Gasteiger partial charge in [0.15, 0.2) is 0 Å². The van der Waals surface area contributed by atoms with Gasteiger partial charge in [-0.1, -0.05) is 36.4 Å². The average molecular weight is 401 g/mol. The Labute approximate surface area is 173 Å². The summed E-state index contributed by atoms with van der Waals surface area (Å²) in [6, 6.07) is 14.5. The lowest BCUT2D eigenvalue weighted by molar-refractivity contribution is 0.0937. The van der Waals surface area contributed by atoms with Gasteiger partial charge in [-0.3, -0.25) is 19.4 Å². The summed E-state index contributed by atoms with van der Waals surface area (Å²) in [5.41, 5.74) is 2.74. The molecule has 0 spiro atoms. The highest BCUT2D eigenvalue weighted by atomic mass is 16.1. The van der Waals surface area contributed by atoms with Crippen molar-refractivity contribution in [3.63, 3.8) is 0 Å².